The number of rotatable bonds is 2. The zero-order chi connectivity index (χ0) is 14.1. The minimum Gasteiger partial charge on any atom is -0.394 e. The van der Waals surface area contributed by atoms with Crippen LogP contribution in [-0.4, -0.2) is 63.6 Å². The summed E-state index contributed by atoms with van der Waals surface area (Å²) >= 11 is 0. The van der Waals surface area contributed by atoms with Crippen LogP contribution in [0.1, 0.15) is 20.8 Å². The first-order valence-electron chi connectivity index (χ1n) is 5.80. The largest absolute Gasteiger partial charge is 0.394 e. The zero-order valence-electron chi connectivity index (χ0n) is 10.7. The van der Waals surface area contributed by atoms with Gasteiger partial charge in [0.05, 0.1) is 6.61 Å². The van der Waals surface area contributed by atoms with Crippen molar-refractivity contribution in [3.63, 3.8) is 0 Å². The first-order chi connectivity index (χ1) is 8.18. The average molecular weight is 263 g/mol. The fourth-order valence-electron chi connectivity index (χ4n) is 1.62. The van der Waals surface area contributed by atoms with E-state index in [0.29, 0.717) is 0 Å². The molecule has 5 atom stereocenters. The molecule has 0 radical (unpaired) electrons. The summed E-state index contributed by atoms with van der Waals surface area (Å²) in [5.74, 6) is -0.385. The summed E-state index contributed by atoms with van der Waals surface area (Å²) in [5, 5.41) is 40.4. The minimum atomic E-state index is -1.48. The Hall–Kier alpha value is -0.730. The van der Waals surface area contributed by atoms with Gasteiger partial charge in [-0.3, -0.25) is 4.79 Å². The second-order valence-electron chi connectivity index (χ2n) is 5.48. The van der Waals surface area contributed by atoms with Crippen LogP contribution in [0, 0.1) is 5.41 Å². The van der Waals surface area contributed by atoms with Gasteiger partial charge in [-0.15, -0.1) is 0 Å². The number of carbonyl (C=O) groups excluding carboxylic acids is 1. The second-order valence-corrected chi connectivity index (χ2v) is 5.48. The van der Waals surface area contributed by atoms with Gasteiger partial charge < -0.3 is 30.5 Å². The maximum atomic E-state index is 11.8. The molecule has 0 aromatic carbocycles. The highest BCUT2D eigenvalue weighted by molar-refractivity contribution is 5.81. The molecule has 1 aliphatic heterocycles. The standard InChI is InChI=1S/C11H21NO6/c1-11(2,3)10(17)12-6-8(15)7(14)5(4-13)18-9(6)16/h5-9,13-16H,4H2,1-3H3,(H,12,17)/t5-,6-,7-,8-,9?/m1/s1. The van der Waals surface area contributed by atoms with E-state index in [1.54, 1.807) is 20.8 Å². The Morgan fingerprint density at radius 2 is 1.78 bits per heavy atom. The van der Waals surface area contributed by atoms with E-state index < -0.39 is 42.7 Å². The molecule has 0 saturated carbocycles. The number of nitrogens with one attached hydrogen (secondary N) is 1. The molecule has 18 heavy (non-hydrogen) atoms. The lowest BCUT2D eigenvalue weighted by molar-refractivity contribution is -0.254. The van der Waals surface area contributed by atoms with Gasteiger partial charge in [0.1, 0.15) is 24.4 Å². The van der Waals surface area contributed by atoms with E-state index in [1.165, 1.54) is 0 Å². The van der Waals surface area contributed by atoms with Crippen LogP contribution in [0.3, 0.4) is 0 Å². The number of hydrogen-bond acceptors (Lipinski definition) is 6. The quantitative estimate of drug-likeness (QED) is 0.391. The Morgan fingerprint density at radius 1 is 1.22 bits per heavy atom. The molecule has 0 aromatic heterocycles. The first-order valence-corrected chi connectivity index (χ1v) is 5.80. The van der Waals surface area contributed by atoms with Crippen molar-refractivity contribution in [3.8, 4) is 0 Å². The molecule has 0 aliphatic carbocycles. The topological polar surface area (TPSA) is 119 Å². The SMILES string of the molecule is CC(C)(C)C(=O)N[C@H]1C(O)O[C@H](CO)[C@@H](O)[C@@H]1O. The Bertz CT molecular complexity index is 302. The van der Waals surface area contributed by atoms with Gasteiger partial charge in [0, 0.05) is 5.41 Å². The van der Waals surface area contributed by atoms with E-state index in [1.807, 2.05) is 0 Å². The maximum absolute atomic E-state index is 11.8. The normalized spacial score (nSPS) is 37.4. The van der Waals surface area contributed by atoms with Gasteiger partial charge in [0.15, 0.2) is 6.29 Å². The third-order valence-electron chi connectivity index (χ3n) is 2.88. The number of amides is 1. The van der Waals surface area contributed by atoms with Crippen LogP contribution in [0.25, 0.3) is 0 Å². The van der Waals surface area contributed by atoms with Crippen molar-refractivity contribution >= 4 is 5.91 Å². The lowest BCUT2D eigenvalue weighted by Gasteiger charge is -2.41. The highest BCUT2D eigenvalue weighted by Gasteiger charge is 2.45. The summed E-state index contributed by atoms with van der Waals surface area (Å²) in [7, 11) is 0. The molecular formula is C11H21NO6. The van der Waals surface area contributed by atoms with E-state index >= 15 is 0 Å². The van der Waals surface area contributed by atoms with Gasteiger partial charge in [-0.2, -0.15) is 0 Å². The van der Waals surface area contributed by atoms with Crippen LogP contribution in [0.15, 0.2) is 0 Å². The fourth-order valence-corrected chi connectivity index (χ4v) is 1.62. The van der Waals surface area contributed by atoms with Gasteiger partial charge in [-0.05, 0) is 0 Å². The van der Waals surface area contributed by atoms with Gasteiger partial charge >= 0.3 is 0 Å². The summed E-state index contributed by atoms with van der Waals surface area (Å²) in [6.45, 7) is 4.50. The van der Waals surface area contributed by atoms with Crippen molar-refractivity contribution in [2.75, 3.05) is 6.61 Å². The molecule has 1 fully saturated rings. The predicted octanol–water partition coefficient (Wildman–Crippen LogP) is -2.05. The smallest absolute Gasteiger partial charge is 0.225 e. The molecule has 106 valence electrons. The summed E-state index contributed by atoms with van der Waals surface area (Å²) in [6, 6.07) is -1.13. The number of aliphatic hydroxyl groups excluding tert-OH is 4. The molecule has 1 unspecified atom stereocenters. The van der Waals surface area contributed by atoms with Gasteiger partial charge in [0.25, 0.3) is 0 Å². The van der Waals surface area contributed by atoms with Crippen molar-refractivity contribution in [2.45, 2.75) is 51.4 Å². The number of aliphatic hydroxyl groups is 4. The molecular weight excluding hydrogens is 242 g/mol. The monoisotopic (exact) mass is 263 g/mol. The van der Waals surface area contributed by atoms with Crippen LogP contribution >= 0.6 is 0 Å². The second kappa shape index (κ2) is 5.50. The Morgan fingerprint density at radius 3 is 2.22 bits per heavy atom. The van der Waals surface area contributed by atoms with Crippen molar-refractivity contribution < 1.29 is 30.0 Å². The van der Waals surface area contributed by atoms with Gasteiger partial charge in [-0.1, -0.05) is 20.8 Å². The Balaban J connectivity index is 2.74. The number of ether oxygens (including phenoxy) is 1. The molecule has 1 saturated heterocycles. The average Bonchev–Trinajstić information content (AvgIpc) is 2.27. The third-order valence-corrected chi connectivity index (χ3v) is 2.88. The van der Waals surface area contributed by atoms with Crippen LogP contribution in [0.2, 0.25) is 0 Å². The molecule has 1 aliphatic rings. The molecule has 1 rings (SSSR count). The van der Waals surface area contributed by atoms with Gasteiger partial charge in [0.2, 0.25) is 5.91 Å². The molecule has 5 N–H and O–H groups in total. The third kappa shape index (κ3) is 3.18. The molecule has 1 heterocycles. The Kier molecular flexibility index (Phi) is 4.68. The van der Waals surface area contributed by atoms with Crippen LogP contribution in [0.4, 0.5) is 0 Å². The van der Waals surface area contributed by atoms with Crippen LogP contribution < -0.4 is 5.32 Å². The van der Waals surface area contributed by atoms with E-state index in [-0.39, 0.29) is 5.91 Å². The van der Waals surface area contributed by atoms with E-state index in [9.17, 15) is 20.1 Å². The number of hydrogen-bond donors (Lipinski definition) is 5. The summed E-state index contributed by atoms with van der Waals surface area (Å²) < 4.78 is 4.93. The zero-order valence-corrected chi connectivity index (χ0v) is 10.7. The van der Waals surface area contributed by atoms with Crippen molar-refractivity contribution in [1.29, 1.82) is 0 Å². The van der Waals surface area contributed by atoms with Crippen molar-refractivity contribution in [3.05, 3.63) is 0 Å². The lowest BCUT2D eigenvalue weighted by Crippen LogP contribution is -2.65. The lowest BCUT2D eigenvalue weighted by atomic mass is 9.92. The summed E-state index contributed by atoms with van der Waals surface area (Å²) in [6.07, 6.45) is -5.33. The fraction of sp³-hybridized carbons (Fsp3) is 0.909. The summed E-state index contributed by atoms with van der Waals surface area (Å²) in [5.41, 5.74) is -0.696. The first kappa shape index (κ1) is 15.3. The number of carbonyl (C=O) groups is 1. The minimum absolute atomic E-state index is 0.385. The Labute approximate surface area is 105 Å². The maximum Gasteiger partial charge on any atom is 0.225 e. The van der Waals surface area contributed by atoms with Gasteiger partial charge in [-0.25, -0.2) is 0 Å². The van der Waals surface area contributed by atoms with E-state index in [2.05, 4.69) is 5.32 Å². The molecule has 0 bridgehead atoms. The molecule has 7 nitrogen and oxygen atoms in total. The molecule has 0 aromatic rings. The summed E-state index contributed by atoms with van der Waals surface area (Å²) in [4.78, 5) is 11.8. The van der Waals surface area contributed by atoms with Crippen molar-refractivity contribution in [1.82, 2.24) is 5.32 Å². The molecule has 0 spiro atoms. The van der Waals surface area contributed by atoms with E-state index in [0.717, 1.165) is 0 Å². The van der Waals surface area contributed by atoms with Crippen LogP contribution in [-0.2, 0) is 9.53 Å². The molecule has 7 heteroatoms. The highest BCUT2D eigenvalue weighted by atomic mass is 16.6. The van der Waals surface area contributed by atoms with Crippen molar-refractivity contribution in [2.24, 2.45) is 5.41 Å². The van der Waals surface area contributed by atoms with E-state index in [4.69, 9.17) is 9.84 Å². The predicted molar refractivity (Wildman–Crippen MR) is 61.4 cm³/mol. The highest BCUT2D eigenvalue weighted by Crippen LogP contribution is 2.21. The molecule has 1 amide bonds. The van der Waals surface area contributed by atoms with Crippen LogP contribution in [0.5, 0.6) is 0 Å².